The van der Waals surface area contributed by atoms with Gasteiger partial charge in [0.05, 0.1) is 4.92 Å². The van der Waals surface area contributed by atoms with Gasteiger partial charge in [-0.3, -0.25) is 10.1 Å². The lowest BCUT2D eigenvalue weighted by molar-refractivity contribution is -0.388. The van der Waals surface area contributed by atoms with Crippen molar-refractivity contribution < 1.29 is 13.3 Å². The number of nitrogens with one attached hydrogen (secondary N) is 1. The van der Waals surface area contributed by atoms with Crippen molar-refractivity contribution in [3.8, 4) is 0 Å². The molecule has 1 N–H and O–H groups in total. The number of hydrogen-bond donors (Lipinski definition) is 1. The Morgan fingerprint density at radius 1 is 1.26 bits per heavy atom. The first-order chi connectivity index (χ1) is 10.3. The number of nitro benzene ring substituents is 1. The summed E-state index contributed by atoms with van der Waals surface area (Å²) in [6.45, 7) is 4.12. The molecule has 0 aromatic heterocycles. The average Bonchev–Trinajstić information content (AvgIpc) is 2.49. The zero-order valence-corrected chi connectivity index (χ0v) is 15.0. The molecule has 2 rings (SSSR count). The number of benzene rings is 1. The molecule has 1 saturated heterocycles. The minimum atomic E-state index is -3.86. The topological polar surface area (TPSA) is 92.6 Å². The summed E-state index contributed by atoms with van der Waals surface area (Å²) in [5.74, 6) is 0. The highest BCUT2D eigenvalue weighted by Gasteiger charge is 2.35. The molecule has 1 aromatic rings. The van der Waals surface area contributed by atoms with E-state index in [9.17, 15) is 18.5 Å². The third kappa shape index (κ3) is 3.82. The van der Waals surface area contributed by atoms with E-state index in [4.69, 9.17) is 0 Å². The van der Waals surface area contributed by atoms with Crippen LogP contribution in [0.5, 0.6) is 0 Å². The van der Waals surface area contributed by atoms with Crippen LogP contribution in [0.15, 0.2) is 17.0 Å². The van der Waals surface area contributed by atoms with Crippen LogP contribution in [0.3, 0.4) is 0 Å². The molecule has 0 amide bonds. The molecule has 0 unspecified atom stereocenters. The number of piperidine rings is 1. The minimum absolute atomic E-state index is 0. The van der Waals surface area contributed by atoms with Crippen molar-refractivity contribution in [2.75, 3.05) is 20.1 Å². The van der Waals surface area contributed by atoms with Crippen molar-refractivity contribution >= 4 is 28.1 Å². The second-order valence-electron chi connectivity index (χ2n) is 5.58. The zero-order valence-electron chi connectivity index (χ0n) is 13.4. The maximum absolute atomic E-state index is 12.9. The van der Waals surface area contributed by atoms with E-state index in [0.717, 1.165) is 5.56 Å². The van der Waals surface area contributed by atoms with Crippen LogP contribution in [0, 0.1) is 24.0 Å². The number of nitro groups is 1. The van der Waals surface area contributed by atoms with Gasteiger partial charge < -0.3 is 5.32 Å². The quantitative estimate of drug-likeness (QED) is 0.652. The number of rotatable bonds is 4. The lowest BCUT2D eigenvalue weighted by Crippen LogP contribution is -2.44. The van der Waals surface area contributed by atoms with Gasteiger partial charge >= 0.3 is 0 Å². The molecule has 1 heterocycles. The van der Waals surface area contributed by atoms with Gasteiger partial charge in [0.15, 0.2) is 4.90 Å². The first-order valence-corrected chi connectivity index (χ1v) is 8.65. The fraction of sp³-hybridized carbons (Fsp3) is 0.571. The summed E-state index contributed by atoms with van der Waals surface area (Å²) in [5.41, 5.74) is 0.832. The largest absolute Gasteiger partial charge is 0.317 e. The molecule has 0 saturated carbocycles. The van der Waals surface area contributed by atoms with Gasteiger partial charge in [-0.15, -0.1) is 12.4 Å². The van der Waals surface area contributed by atoms with Crippen molar-refractivity contribution in [3.63, 3.8) is 0 Å². The Balaban J connectivity index is 0.00000264. The monoisotopic (exact) mass is 363 g/mol. The maximum Gasteiger partial charge on any atom is 0.289 e. The first-order valence-electron chi connectivity index (χ1n) is 7.21. The minimum Gasteiger partial charge on any atom is -0.317 e. The predicted octanol–water partition coefficient (Wildman–Crippen LogP) is 2.01. The van der Waals surface area contributed by atoms with E-state index in [2.05, 4.69) is 5.32 Å². The maximum atomic E-state index is 12.9. The van der Waals surface area contributed by atoms with E-state index in [1.807, 2.05) is 7.05 Å². The Bertz CT molecular complexity index is 686. The van der Waals surface area contributed by atoms with Crippen LogP contribution in [0.4, 0.5) is 5.69 Å². The number of hydrogen-bond acceptors (Lipinski definition) is 5. The lowest BCUT2D eigenvalue weighted by atomic mass is 10.1. The summed E-state index contributed by atoms with van der Waals surface area (Å²) in [6, 6.07) is 3.15. The lowest BCUT2D eigenvalue weighted by Gasteiger charge is -2.31. The average molecular weight is 364 g/mol. The molecule has 0 spiro atoms. The highest BCUT2D eigenvalue weighted by atomic mass is 35.5. The van der Waals surface area contributed by atoms with Crippen LogP contribution >= 0.6 is 12.4 Å². The molecule has 23 heavy (non-hydrogen) atoms. The summed E-state index contributed by atoms with van der Waals surface area (Å²) in [6.07, 6.45) is 1.41. The Kier molecular flexibility index (Phi) is 6.52. The van der Waals surface area contributed by atoms with E-state index < -0.39 is 14.9 Å². The fourth-order valence-electron chi connectivity index (χ4n) is 2.76. The molecule has 1 fully saturated rings. The molecule has 0 bridgehead atoms. The zero-order chi connectivity index (χ0) is 16.5. The molecule has 0 aliphatic carbocycles. The predicted molar refractivity (Wildman–Crippen MR) is 90.7 cm³/mol. The Morgan fingerprint density at radius 2 is 1.83 bits per heavy atom. The van der Waals surface area contributed by atoms with Gasteiger partial charge in [-0.1, -0.05) is 6.07 Å². The van der Waals surface area contributed by atoms with Crippen LogP contribution in [0.1, 0.15) is 24.0 Å². The van der Waals surface area contributed by atoms with E-state index >= 15 is 0 Å². The molecular weight excluding hydrogens is 342 g/mol. The molecule has 130 valence electrons. The van der Waals surface area contributed by atoms with E-state index in [-0.39, 0.29) is 23.0 Å². The Labute approximate surface area is 142 Å². The third-order valence-electron chi connectivity index (χ3n) is 4.31. The van der Waals surface area contributed by atoms with Crippen LogP contribution in [0.2, 0.25) is 0 Å². The smallest absolute Gasteiger partial charge is 0.289 e. The molecule has 1 aliphatic heterocycles. The highest BCUT2D eigenvalue weighted by Crippen LogP contribution is 2.32. The van der Waals surface area contributed by atoms with Gasteiger partial charge in [-0.05, 0) is 44.9 Å². The molecular formula is C14H22ClN3O4S. The summed E-state index contributed by atoms with van der Waals surface area (Å²) >= 11 is 0. The highest BCUT2D eigenvalue weighted by molar-refractivity contribution is 7.89. The summed E-state index contributed by atoms with van der Waals surface area (Å²) < 4.78 is 27.1. The second-order valence-corrected chi connectivity index (χ2v) is 7.45. The van der Waals surface area contributed by atoms with Gasteiger partial charge in [0.25, 0.3) is 5.69 Å². The van der Waals surface area contributed by atoms with Crippen molar-refractivity contribution in [1.29, 1.82) is 0 Å². The fourth-order valence-corrected chi connectivity index (χ4v) is 4.66. The van der Waals surface area contributed by atoms with Crippen molar-refractivity contribution in [1.82, 2.24) is 9.62 Å². The number of sulfonamides is 1. The molecule has 1 aliphatic rings. The van der Waals surface area contributed by atoms with Crippen molar-refractivity contribution in [3.05, 3.63) is 33.4 Å². The van der Waals surface area contributed by atoms with Crippen LogP contribution in [-0.2, 0) is 10.0 Å². The SMILES string of the molecule is CNC1CCN(S(=O)(=O)c2c([N+](=O)[O-])ccc(C)c2C)CC1.Cl. The second kappa shape index (κ2) is 7.57. The first kappa shape index (κ1) is 19.8. The number of nitrogens with zero attached hydrogens (tertiary/aromatic N) is 2. The summed E-state index contributed by atoms with van der Waals surface area (Å²) in [7, 11) is -2.01. The standard InChI is InChI=1S/C14H21N3O4S.ClH/c1-10-4-5-13(17(18)19)14(11(10)2)22(20,21)16-8-6-12(15-3)7-9-16;/h4-5,12,15H,6-9H2,1-3H3;1H. The van der Waals surface area contributed by atoms with Crippen molar-refractivity contribution in [2.45, 2.75) is 37.6 Å². The molecule has 1 aromatic carbocycles. The molecule has 7 nitrogen and oxygen atoms in total. The summed E-state index contributed by atoms with van der Waals surface area (Å²) in [4.78, 5) is 10.4. The van der Waals surface area contributed by atoms with E-state index in [1.165, 1.54) is 10.4 Å². The number of halogens is 1. The third-order valence-corrected chi connectivity index (χ3v) is 6.39. The Morgan fingerprint density at radius 3 is 2.30 bits per heavy atom. The number of aryl methyl sites for hydroxylation is 1. The van der Waals surface area contributed by atoms with Crippen LogP contribution in [-0.4, -0.2) is 43.8 Å². The normalized spacial score (nSPS) is 16.8. The Hall–Kier alpha value is -1.22. The van der Waals surface area contributed by atoms with Gasteiger partial charge in [0.1, 0.15) is 0 Å². The van der Waals surface area contributed by atoms with E-state index in [1.54, 1.807) is 19.9 Å². The van der Waals surface area contributed by atoms with Crippen LogP contribution in [0.25, 0.3) is 0 Å². The molecule has 0 radical (unpaired) electrons. The molecule has 0 atom stereocenters. The van der Waals surface area contributed by atoms with Crippen LogP contribution < -0.4 is 5.32 Å². The van der Waals surface area contributed by atoms with E-state index in [0.29, 0.717) is 37.5 Å². The van der Waals surface area contributed by atoms with Crippen molar-refractivity contribution in [2.24, 2.45) is 0 Å². The van der Waals surface area contributed by atoms with Gasteiger partial charge in [0, 0.05) is 25.2 Å². The molecule has 9 heteroatoms. The van der Waals surface area contributed by atoms with Gasteiger partial charge in [0.2, 0.25) is 10.0 Å². The van der Waals surface area contributed by atoms with Gasteiger partial charge in [-0.2, -0.15) is 4.31 Å². The van der Waals surface area contributed by atoms with Gasteiger partial charge in [-0.25, -0.2) is 8.42 Å². The summed E-state index contributed by atoms with van der Waals surface area (Å²) in [5, 5.41) is 14.4.